The number of ether oxygens (including phenoxy) is 5. The Morgan fingerprint density at radius 1 is 0.978 bits per heavy atom. The summed E-state index contributed by atoms with van der Waals surface area (Å²) in [7, 11) is 3.08. The number of esters is 1. The average molecular weight is 694 g/mol. The second-order valence-corrected chi connectivity index (χ2v) is 11.8. The predicted octanol–water partition coefficient (Wildman–Crippen LogP) is 5.56. The number of carbonyl (C=O) groups excluding carboxylic acids is 1. The van der Waals surface area contributed by atoms with Crippen molar-refractivity contribution in [2.45, 2.75) is 33.4 Å². The van der Waals surface area contributed by atoms with Crippen molar-refractivity contribution >= 4 is 39.3 Å². The minimum Gasteiger partial charge on any atom is -0.493 e. The molecule has 0 N–H and O–H groups in total. The summed E-state index contributed by atoms with van der Waals surface area (Å²) in [5.41, 5.74) is 2.86. The molecule has 45 heavy (non-hydrogen) atoms. The SMILES string of the molecule is CCOC(=O)C1=C(C)N=c2s/c(=C\c3cc(Br)c(OCc4ccccc4)c(OCC)c3)c(=O)n2C1c1ccc(OC)c(OC)c1. The Morgan fingerprint density at radius 2 is 1.73 bits per heavy atom. The Labute approximate surface area is 273 Å². The molecule has 234 valence electrons. The van der Waals surface area contributed by atoms with E-state index < -0.39 is 12.0 Å². The van der Waals surface area contributed by atoms with E-state index in [0.29, 0.717) is 61.3 Å². The molecule has 11 heteroatoms. The molecule has 0 fully saturated rings. The van der Waals surface area contributed by atoms with Gasteiger partial charge in [-0.15, -0.1) is 0 Å². The second kappa shape index (κ2) is 14.2. The first-order chi connectivity index (χ1) is 21.8. The molecule has 0 aliphatic carbocycles. The van der Waals surface area contributed by atoms with E-state index in [4.69, 9.17) is 23.7 Å². The first-order valence-electron chi connectivity index (χ1n) is 14.3. The lowest BCUT2D eigenvalue weighted by molar-refractivity contribution is -0.139. The summed E-state index contributed by atoms with van der Waals surface area (Å²) in [6.45, 7) is 6.37. The van der Waals surface area contributed by atoms with Crippen molar-refractivity contribution < 1.29 is 28.5 Å². The zero-order chi connectivity index (χ0) is 32.1. The lowest BCUT2D eigenvalue weighted by atomic mass is 9.95. The van der Waals surface area contributed by atoms with E-state index in [1.54, 1.807) is 45.2 Å². The van der Waals surface area contributed by atoms with Crippen LogP contribution in [0.2, 0.25) is 0 Å². The summed E-state index contributed by atoms with van der Waals surface area (Å²) >= 11 is 4.88. The minimum atomic E-state index is -0.790. The lowest BCUT2D eigenvalue weighted by Gasteiger charge is -2.25. The highest BCUT2D eigenvalue weighted by molar-refractivity contribution is 9.10. The maximum Gasteiger partial charge on any atom is 0.338 e. The smallest absolute Gasteiger partial charge is 0.338 e. The zero-order valence-corrected chi connectivity index (χ0v) is 28.0. The van der Waals surface area contributed by atoms with Crippen LogP contribution in [0.15, 0.2) is 86.2 Å². The highest BCUT2D eigenvalue weighted by Gasteiger charge is 2.34. The van der Waals surface area contributed by atoms with Crippen LogP contribution in [-0.2, 0) is 16.1 Å². The minimum absolute atomic E-state index is 0.181. The van der Waals surface area contributed by atoms with E-state index in [0.717, 1.165) is 11.1 Å². The number of aromatic nitrogens is 1. The summed E-state index contributed by atoms with van der Waals surface area (Å²) < 4.78 is 31.1. The highest BCUT2D eigenvalue weighted by Crippen LogP contribution is 2.38. The third-order valence-corrected chi connectivity index (χ3v) is 8.67. The normalized spacial score (nSPS) is 14.4. The van der Waals surface area contributed by atoms with E-state index in [9.17, 15) is 9.59 Å². The van der Waals surface area contributed by atoms with Gasteiger partial charge in [-0.1, -0.05) is 47.7 Å². The number of benzene rings is 3. The summed E-state index contributed by atoms with van der Waals surface area (Å²) in [5, 5.41) is 0. The molecule has 1 aliphatic rings. The topological polar surface area (TPSA) is 97.6 Å². The van der Waals surface area contributed by atoms with Crippen LogP contribution in [0.3, 0.4) is 0 Å². The van der Waals surface area contributed by atoms with Crippen molar-refractivity contribution in [3.05, 3.63) is 113 Å². The van der Waals surface area contributed by atoms with E-state index in [1.165, 1.54) is 23.0 Å². The van der Waals surface area contributed by atoms with Crippen molar-refractivity contribution in [3.8, 4) is 23.0 Å². The van der Waals surface area contributed by atoms with E-state index in [2.05, 4.69) is 20.9 Å². The van der Waals surface area contributed by atoms with Crippen molar-refractivity contribution in [3.63, 3.8) is 0 Å². The fourth-order valence-corrected chi connectivity index (χ4v) is 6.71. The molecule has 4 aromatic rings. The zero-order valence-electron chi connectivity index (χ0n) is 25.6. The molecule has 2 heterocycles. The maximum atomic E-state index is 14.1. The van der Waals surface area contributed by atoms with Crippen molar-refractivity contribution in [1.82, 2.24) is 4.57 Å². The summed E-state index contributed by atoms with van der Waals surface area (Å²) in [4.78, 5) is 32.5. The van der Waals surface area contributed by atoms with Gasteiger partial charge >= 0.3 is 5.97 Å². The van der Waals surface area contributed by atoms with Gasteiger partial charge < -0.3 is 23.7 Å². The number of thiazole rings is 1. The molecule has 3 aromatic carbocycles. The van der Waals surface area contributed by atoms with Crippen molar-refractivity contribution in [2.75, 3.05) is 27.4 Å². The van der Waals surface area contributed by atoms with E-state index in [1.807, 2.05) is 49.4 Å². The Bertz CT molecular complexity index is 1930. The molecule has 5 rings (SSSR count). The first-order valence-corrected chi connectivity index (χ1v) is 15.9. The van der Waals surface area contributed by atoms with Gasteiger partial charge in [0.05, 0.1) is 53.8 Å². The number of rotatable bonds is 11. The van der Waals surface area contributed by atoms with E-state index in [-0.39, 0.29) is 17.7 Å². The molecule has 0 saturated heterocycles. The van der Waals surface area contributed by atoms with Crippen LogP contribution in [0.25, 0.3) is 6.08 Å². The van der Waals surface area contributed by atoms with Gasteiger partial charge in [0.25, 0.3) is 5.56 Å². The Kier molecular flexibility index (Phi) is 10.1. The lowest BCUT2D eigenvalue weighted by Crippen LogP contribution is -2.40. The number of nitrogens with zero attached hydrogens (tertiary/aromatic N) is 2. The third kappa shape index (κ3) is 6.69. The molecule has 9 nitrogen and oxygen atoms in total. The fourth-order valence-electron chi connectivity index (χ4n) is 5.09. The molecule has 0 spiro atoms. The van der Waals surface area contributed by atoms with Gasteiger partial charge in [0.1, 0.15) is 6.61 Å². The molecule has 1 aliphatic heterocycles. The third-order valence-electron chi connectivity index (χ3n) is 7.10. The van der Waals surface area contributed by atoms with Crippen LogP contribution < -0.4 is 33.8 Å². The number of methoxy groups -OCH3 is 2. The first kappa shape index (κ1) is 32.1. The predicted molar refractivity (Wildman–Crippen MR) is 176 cm³/mol. The van der Waals surface area contributed by atoms with Crippen LogP contribution >= 0.6 is 27.3 Å². The summed E-state index contributed by atoms with van der Waals surface area (Å²) in [5.74, 6) is 1.58. The molecule has 1 atom stereocenters. The van der Waals surface area contributed by atoms with Gasteiger partial charge in [0.15, 0.2) is 27.8 Å². The van der Waals surface area contributed by atoms with Crippen molar-refractivity contribution in [1.29, 1.82) is 0 Å². The van der Waals surface area contributed by atoms with Crippen LogP contribution in [0.4, 0.5) is 0 Å². The largest absolute Gasteiger partial charge is 0.493 e. The molecule has 0 saturated carbocycles. The number of allylic oxidation sites excluding steroid dienone is 1. The van der Waals surface area contributed by atoms with Gasteiger partial charge in [0.2, 0.25) is 0 Å². The molecule has 1 unspecified atom stereocenters. The summed E-state index contributed by atoms with van der Waals surface area (Å²) in [6.07, 6.45) is 1.78. The van der Waals surface area contributed by atoms with Crippen molar-refractivity contribution in [2.24, 2.45) is 4.99 Å². The van der Waals surface area contributed by atoms with Crippen LogP contribution in [-0.4, -0.2) is 38.0 Å². The van der Waals surface area contributed by atoms with Gasteiger partial charge in [-0.05, 0) is 83.7 Å². The van der Waals surface area contributed by atoms with Gasteiger partial charge in [-0.25, -0.2) is 9.79 Å². The van der Waals surface area contributed by atoms with Gasteiger partial charge in [0, 0.05) is 0 Å². The Hall–Kier alpha value is -4.35. The standard InChI is InChI=1S/C34H33BrN2O7S/c1-6-42-27-16-22(15-24(35)31(27)44-19-21-11-9-8-10-12-21)17-28-32(38)37-30(23-13-14-25(40-4)26(18-23)41-5)29(33(39)43-7-2)20(3)36-34(37)45-28/h8-18,30H,6-7,19H2,1-5H3/b28-17-. The number of fused-ring (bicyclic) bond motifs is 1. The molecule has 0 radical (unpaired) electrons. The maximum absolute atomic E-state index is 14.1. The Balaban J connectivity index is 1.62. The quantitative estimate of drug-likeness (QED) is 0.190. The van der Waals surface area contributed by atoms with Gasteiger partial charge in [-0.3, -0.25) is 9.36 Å². The molecular weight excluding hydrogens is 660 g/mol. The molecular formula is C34H33BrN2O7S. The summed E-state index contributed by atoms with van der Waals surface area (Å²) in [6, 6.07) is 18.1. The van der Waals surface area contributed by atoms with E-state index >= 15 is 0 Å². The van der Waals surface area contributed by atoms with Crippen LogP contribution in [0.5, 0.6) is 23.0 Å². The number of halogens is 1. The number of carbonyl (C=O) groups is 1. The molecule has 0 amide bonds. The molecule has 0 bridgehead atoms. The van der Waals surface area contributed by atoms with Crippen LogP contribution in [0.1, 0.15) is 43.5 Å². The number of hydrogen-bond acceptors (Lipinski definition) is 9. The monoisotopic (exact) mass is 692 g/mol. The Morgan fingerprint density at radius 3 is 2.42 bits per heavy atom. The number of hydrogen-bond donors (Lipinski definition) is 0. The highest BCUT2D eigenvalue weighted by atomic mass is 79.9. The fraction of sp³-hybridized carbons (Fsp3) is 0.265. The average Bonchev–Trinajstić information content (AvgIpc) is 3.33. The molecule has 1 aromatic heterocycles. The van der Waals surface area contributed by atoms with Gasteiger partial charge in [-0.2, -0.15) is 0 Å². The van der Waals surface area contributed by atoms with Crippen LogP contribution in [0, 0.1) is 0 Å². The second-order valence-electron chi connectivity index (χ2n) is 9.95.